The molecule has 2 aliphatic heterocycles. The van der Waals surface area contributed by atoms with Gasteiger partial charge in [-0.1, -0.05) is 12.1 Å². The van der Waals surface area contributed by atoms with Crippen molar-refractivity contribution in [1.82, 2.24) is 10.2 Å². The number of carbonyl (C=O) groups is 4. The summed E-state index contributed by atoms with van der Waals surface area (Å²) in [6, 6.07) is 5.33. The van der Waals surface area contributed by atoms with Crippen LogP contribution in [0.5, 0.6) is 0 Å². The number of amides is 4. The van der Waals surface area contributed by atoms with Crippen LogP contribution in [0.15, 0.2) is 24.3 Å². The van der Waals surface area contributed by atoms with Gasteiger partial charge >= 0.3 is 0 Å². The van der Waals surface area contributed by atoms with Crippen LogP contribution in [0.4, 0.5) is 0 Å². The van der Waals surface area contributed by atoms with Crippen molar-refractivity contribution >= 4 is 23.6 Å². The first-order chi connectivity index (χ1) is 8.59. The van der Waals surface area contributed by atoms with Gasteiger partial charge in [0.25, 0.3) is 11.8 Å². The van der Waals surface area contributed by atoms with Crippen LogP contribution in [0.2, 0.25) is 0 Å². The fourth-order valence-electron chi connectivity index (χ4n) is 2.24. The predicted molar refractivity (Wildman–Crippen MR) is 58.5 cm³/mol. The van der Waals surface area contributed by atoms with Crippen molar-refractivity contribution in [1.29, 1.82) is 0 Å². The highest BCUT2D eigenvalue weighted by molar-refractivity contribution is 6.24. The maximum absolute atomic E-state index is 12.1. The number of fused-ring (bicyclic) bond motifs is 1. The van der Waals surface area contributed by atoms with Gasteiger partial charge in [-0.2, -0.15) is 0 Å². The lowest BCUT2D eigenvalue weighted by molar-refractivity contribution is -0.125. The molecule has 6 heteroatoms. The highest BCUT2D eigenvalue weighted by Crippen LogP contribution is 2.26. The minimum atomic E-state index is -1.02. The van der Waals surface area contributed by atoms with Gasteiger partial charge in [-0.15, -0.1) is 0 Å². The van der Waals surface area contributed by atoms with Gasteiger partial charge in [0.2, 0.25) is 11.8 Å². The van der Waals surface area contributed by atoms with Crippen molar-refractivity contribution in [2.75, 3.05) is 0 Å². The number of hydrogen-bond acceptors (Lipinski definition) is 4. The molecule has 1 aromatic carbocycles. The summed E-state index contributed by atoms with van der Waals surface area (Å²) >= 11 is 0. The number of imide groups is 2. The van der Waals surface area contributed by atoms with Crippen LogP contribution in [-0.2, 0) is 9.59 Å². The fourth-order valence-corrected chi connectivity index (χ4v) is 2.24. The number of rotatable bonds is 1. The summed E-state index contributed by atoms with van der Waals surface area (Å²) in [5, 5.41) is 2.09. The lowest BCUT2D eigenvalue weighted by Crippen LogP contribution is -2.44. The first-order valence-electron chi connectivity index (χ1n) is 5.40. The molecule has 0 aromatic heterocycles. The Hall–Kier alpha value is -2.50. The zero-order valence-electron chi connectivity index (χ0n) is 9.17. The Bertz CT molecular complexity index is 573. The summed E-state index contributed by atoms with van der Waals surface area (Å²) < 4.78 is 0. The van der Waals surface area contributed by atoms with E-state index in [1.165, 1.54) is 12.1 Å². The summed E-state index contributed by atoms with van der Waals surface area (Å²) in [7, 11) is 0. The van der Waals surface area contributed by atoms with E-state index in [9.17, 15) is 19.2 Å². The normalized spacial score (nSPS) is 22.4. The van der Waals surface area contributed by atoms with Gasteiger partial charge < -0.3 is 0 Å². The smallest absolute Gasteiger partial charge is 0.262 e. The van der Waals surface area contributed by atoms with E-state index in [-0.39, 0.29) is 17.5 Å². The molecule has 0 radical (unpaired) electrons. The van der Waals surface area contributed by atoms with Crippen molar-refractivity contribution in [3.05, 3.63) is 35.4 Å². The molecule has 1 saturated heterocycles. The summed E-state index contributed by atoms with van der Waals surface area (Å²) in [6.07, 6.45) is -0.162. The molecule has 3 rings (SSSR count). The minimum absolute atomic E-state index is 0.162. The van der Waals surface area contributed by atoms with E-state index in [0.717, 1.165) is 4.90 Å². The van der Waals surface area contributed by atoms with E-state index in [1.54, 1.807) is 12.1 Å². The van der Waals surface area contributed by atoms with E-state index in [2.05, 4.69) is 5.32 Å². The number of carbonyl (C=O) groups excluding carboxylic acids is 4. The average Bonchev–Trinajstić information content (AvgIpc) is 2.79. The van der Waals surface area contributed by atoms with Gasteiger partial charge in [0, 0.05) is 0 Å². The molecular weight excluding hydrogens is 236 g/mol. The molecular formula is C12H8N2O4. The lowest BCUT2D eigenvalue weighted by Gasteiger charge is -2.18. The molecule has 0 bridgehead atoms. The molecule has 0 unspecified atom stereocenters. The second-order valence-corrected chi connectivity index (χ2v) is 4.16. The van der Waals surface area contributed by atoms with Gasteiger partial charge in [0.05, 0.1) is 17.5 Å². The van der Waals surface area contributed by atoms with Crippen molar-refractivity contribution < 1.29 is 19.2 Å². The molecule has 6 nitrogen and oxygen atoms in total. The molecule has 90 valence electrons. The molecule has 1 N–H and O–H groups in total. The Labute approximate surface area is 102 Å². The van der Waals surface area contributed by atoms with Gasteiger partial charge in [0.1, 0.15) is 6.04 Å². The molecule has 0 aliphatic carbocycles. The highest BCUT2D eigenvalue weighted by atomic mass is 16.2. The second-order valence-electron chi connectivity index (χ2n) is 4.16. The Kier molecular flexibility index (Phi) is 2.07. The standard InChI is InChI=1S/C12H8N2O4/c15-9-5-8(10(16)13-9)14-11(17)6-3-1-2-4-7(6)12(14)18/h1-4,8H,5H2,(H,13,15,16)/t8-/m0/s1. The van der Waals surface area contributed by atoms with Crippen molar-refractivity contribution in [2.45, 2.75) is 12.5 Å². The van der Waals surface area contributed by atoms with Crippen LogP contribution in [0.1, 0.15) is 27.1 Å². The van der Waals surface area contributed by atoms with Crippen LogP contribution in [-0.4, -0.2) is 34.6 Å². The zero-order chi connectivity index (χ0) is 12.9. The zero-order valence-corrected chi connectivity index (χ0v) is 9.17. The Morgan fingerprint density at radius 3 is 2.00 bits per heavy atom. The number of nitrogens with one attached hydrogen (secondary N) is 1. The maximum atomic E-state index is 12.1. The van der Waals surface area contributed by atoms with Crippen molar-refractivity contribution in [2.24, 2.45) is 0 Å². The molecule has 18 heavy (non-hydrogen) atoms. The lowest BCUT2D eigenvalue weighted by atomic mass is 10.1. The van der Waals surface area contributed by atoms with Gasteiger partial charge in [0.15, 0.2) is 0 Å². The molecule has 0 spiro atoms. The monoisotopic (exact) mass is 244 g/mol. The summed E-state index contributed by atoms with van der Waals surface area (Å²) in [4.78, 5) is 47.6. The van der Waals surface area contributed by atoms with Crippen molar-refractivity contribution in [3.8, 4) is 0 Å². The highest BCUT2D eigenvalue weighted by Gasteiger charge is 2.46. The number of benzene rings is 1. The first kappa shape index (κ1) is 10.6. The average molecular weight is 244 g/mol. The van der Waals surface area contributed by atoms with E-state index in [4.69, 9.17) is 0 Å². The fraction of sp³-hybridized carbons (Fsp3) is 0.167. The van der Waals surface area contributed by atoms with Crippen LogP contribution < -0.4 is 5.32 Å². The quantitative estimate of drug-likeness (QED) is 0.687. The van der Waals surface area contributed by atoms with Crippen LogP contribution in [0.25, 0.3) is 0 Å². The van der Waals surface area contributed by atoms with Gasteiger partial charge in [-0.25, -0.2) is 0 Å². The van der Waals surface area contributed by atoms with Gasteiger partial charge in [-0.05, 0) is 12.1 Å². The molecule has 4 amide bonds. The molecule has 1 atom stereocenters. The van der Waals surface area contributed by atoms with Crippen LogP contribution in [0, 0.1) is 0 Å². The number of nitrogens with zero attached hydrogens (tertiary/aromatic N) is 1. The third kappa shape index (κ3) is 1.29. The largest absolute Gasteiger partial charge is 0.295 e. The minimum Gasteiger partial charge on any atom is -0.295 e. The van der Waals surface area contributed by atoms with E-state index >= 15 is 0 Å². The maximum Gasteiger partial charge on any atom is 0.262 e. The summed E-state index contributed by atoms with van der Waals surface area (Å²) in [5.41, 5.74) is 0.546. The predicted octanol–water partition coefficient (Wildman–Crippen LogP) is -0.302. The summed E-state index contributed by atoms with van der Waals surface area (Å²) in [5.74, 6) is -2.12. The SMILES string of the molecule is O=C1C[C@H](N2C(=O)c3ccccc3C2=O)C(=O)N1. The Morgan fingerprint density at radius 2 is 1.56 bits per heavy atom. The first-order valence-corrected chi connectivity index (χ1v) is 5.40. The molecule has 0 saturated carbocycles. The third-order valence-electron chi connectivity index (χ3n) is 3.08. The van der Waals surface area contributed by atoms with Crippen LogP contribution in [0.3, 0.4) is 0 Å². The Morgan fingerprint density at radius 1 is 1.00 bits per heavy atom. The second kappa shape index (κ2) is 3.49. The van der Waals surface area contributed by atoms with E-state index in [0.29, 0.717) is 0 Å². The third-order valence-corrected chi connectivity index (χ3v) is 3.08. The number of hydrogen-bond donors (Lipinski definition) is 1. The van der Waals surface area contributed by atoms with E-state index < -0.39 is 29.7 Å². The Balaban J connectivity index is 2.02. The summed E-state index contributed by atoms with van der Waals surface area (Å²) in [6.45, 7) is 0. The van der Waals surface area contributed by atoms with Crippen LogP contribution >= 0.6 is 0 Å². The molecule has 2 aliphatic rings. The molecule has 2 heterocycles. The topological polar surface area (TPSA) is 83.6 Å². The van der Waals surface area contributed by atoms with Crippen molar-refractivity contribution in [3.63, 3.8) is 0 Å². The van der Waals surface area contributed by atoms with Gasteiger partial charge in [-0.3, -0.25) is 29.4 Å². The molecule has 1 fully saturated rings. The van der Waals surface area contributed by atoms with E-state index in [1.807, 2.05) is 0 Å². The molecule has 1 aromatic rings.